The lowest BCUT2D eigenvalue weighted by Gasteiger charge is -2.34. The Morgan fingerprint density at radius 2 is 1.88 bits per heavy atom. The molecule has 26 heavy (non-hydrogen) atoms. The quantitative estimate of drug-likeness (QED) is 0.588. The number of hydrogen-bond donors (Lipinski definition) is 1. The summed E-state index contributed by atoms with van der Waals surface area (Å²) in [5.41, 5.74) is 2.42. The molecule has 0 aliphatic carbocycles. The van der Waals surface area contributed by atoms with Gasteiger partial charge in [0.05, 0.1) is 0 Å². The van der Waals surface area contributed by atoms with E-state index in [-0.39, 0.29) is 5.91 Å². The summed E-state index contributed by atoms with van der Waals surface area (Å²) < 4.78 is 0. The van der Waals surface area contributed by atoms with Crippen molar-refractivity contribution in [3.8, 4) is 11.8 Å². The Labute approximate surface area is 156 Å². The molecule has 0 spiro atoms. The third kappa shape index (κ3) is 3.48. The maximum atomic E-state index is 12.9. The Hall–Kier alpha value is -2.31. The molecular weight excluding hydrogens is 322 g/mol. The highest BCUT2D eigenvalue weighted by molar-refractivity contribution is 6.11. The number of hydrogen-bond acceptors (Lipinski definition) is 2. The summed E-state index contributed by atoms with van der Waals surface area (Å²) in [6, 6.07) is 9.68. The summed E-state index contributed by atoms with van der Waals surface area (Å²) in [7, 11) is 0. The van der Waals surface area contributed by atoms with E-state index in [9.17, 15) is 9.90 Å². The highest BCUT2D eigenvalue weighted by Gasteiger charge is 2.32. The number of nitrogens with zero attached hydrogens (tertiary/aromatic N) is 1. The van der Waals surface area contributed by atoms with Gasteiger partial charge >= 0.3 is 0 Å². The molecule has 0 saturated carbocycles. The Bertz CT molecular complexity index is 860. The number of aliphatic hydroxyl groups is 1. The Morgan fingerprint density at radius 3 is 2.65 bits per heavy atom. The van der Waals surface area contributed by atoms with E-state index < -0.39 is 6.23 Å². The van der Waals surface area contributed by atoms with E-state index in [2.05, 4.69) is 25.7 Å². The number of carbonyl (C=O) groups excluding carboxylic acids is 1. The zero-order valence-corrected chi connectivity index (χ0v) is 15.7. The smallest absolute Gasteiger partial charge is 0.256 e. The van der Waals surface area contributed by atoms with Crippen LogP contribution in [0.2, 0.25) is 0 Å². The summed E-state index contributed by atoms with van der Waals surface area (Å²) in [6.45, 7) is 4.85. The van der Waals surface area contributed by atoms with E-state index in [1.165, 1.54) is 12.8 Å². The van der Waals surface area contributed by atoms with Crippen molar-refractivity contribution in [2.75, 3.05) is 6.54 Å². The van der Waals surface area contributed by atoms with Gasteiger partial charge in [0.2, 0.25) is 0 Å². The number of amides is 1. The first-order valence-electron chi connectivity index (χ1n) is 9.72. The predicted molar refractivity (Wildman–Crippen MR) is 106 cm³/mol. The molecule has 0 bridgehead atoms. The average Bonchev–Trinajstić information content (AvgIpc) is 2.66. The van der Waals surface area contributed by atoms with Crippen LogP contribution in [-0.4, -0.2) is 22.5 Å². The normalized spacial score (nSPS) is 15.9. The van der Waals surface area contributed by atoms with E-state index in [0.717, 1.165) is 47.6 Å². The molecule has 1 atom stereocenters. The molecule has 3 nitrogen and oxygen atoms in total. The molecule has 0 radical (unpaired) electrons. The molecule has 1 N–H and O–H groups in total. The largest absolute Gasteiger partial charge is 0.369 e. The molecule has 0 fully saturated rings. The van der Waals surface area contributed by atoms with E-state index in [0.29, 0.717) is 12.1 Å². The van der Waals surface area contributed by atoms with E-state index in [1.54, 1.807) is 4.90 Å². The summed E-state index contributed by atoms with van der Waals surface area (Å²) in [5.74, 6) is 6.44. The van der Waals surface area contributed by atoms with Gasteiger partial charge in [-0.15, -0.1) is 0 Å². The van der Waals surface area contributed by atoms with Crippen LogP contribution in [0.1, 0.15) is 80.1 Å². The fourth-order valence-corrected chi connectivity index (χ4v) is 3.54. The summed E-state index contributed by atoms with van der Waals surface area (Å²) in [6.07, 6.45) is 5.40. The van der Waals surface area contributed by atoms with Crippen molar-refractivity contribution in [1.82, 2.24) is 4.90 Å². The zero-order valence-electron chi connectivity index (χ0n) is 15.7. The van der Waals surface area contributed by atoms with Crippen LogP contribution >= 0.6 is 0 Å². The maximum absolute atomic E-state index is 12.9. The minimum atomic E-state index is -0.877. The second-order valence-corrected chi connectivity index (χ2v) is 6.92. The molecule has 1 unspecified atom stereocenters. The molecular formula is C23H27NO2. The number of aliphatic hydroxyl groups excluding tert-OH is 1. The summed E-state index contributed by atoms with van der Waals surface area (Å²) in [4.78, 5) is 14.5. The van der Waals surface area contributed by atoms with Crippen molar-refractivity contribution < 1.29 is 9.90 Å². The van der Waals surface area contributed by atoms with Crippen molar-refractivity contribution in [3.05, 3.63) is 47.0 Å². The standard InChI is InChI=1S/C23H27NO2/c1-3-5-7-8-9-11-17-14-15-20-21-18(17)12-10-13-19(21)22(25)24(23(20)26)16-6-4-2/h10,12-15,22,25H,3-8,16H2,1-2H3. The third-order valence-corrected chi connectivity index (χ3v) is 5.02. The van der Waals surface area contributed by atoms with E-state index >= 15 is 0 Å². The summed E-state index contributed by atoms with van der Waals surface area (Å²) >= 11 is 0. The molecule has 3 heteroatoms. The first kappa shape index (κ1) is 18.5. The van der Waals surface area contributed by atoms with Crippen LogP contribution in [-0.2, 0) is 0 Å². The van der Waals surface area contributed by atoms with Gasteiger partial charge in [-0.3, -0.25) is 4.79 Å². The number of benzene rings is 2. The van der Waals surface area contributed by atoms with Crippen molar-refractivity contribution in [3.63, 3.8) is 0 Å². The first-order chi connectivity index (χ1) is 12.7. The lowest BCUT2D eigenvalue weighted by atomic mass is 9.90. The van der Waals surface area contributed by atoms with Gasteiger partial charge in [0.1, 0.15) is 0 Å². The zero-order chi connectivity index (χ0) is 18.5. The Morgan fingerprint density at radius 1 is 1.08 bits per heavy atom. The van der Waals surface area contributed by atoms with Crippen LogP contribution in [0.3, 0.4) is 0 Å². The van der Waals surface area contributed by atoms with Gasteiger partial charge in [0.25, 0.3) is 5.91 Å². The van der Waals surface area contributed by atoms with Crippen LogP contribution in [0.15, 0.2) is 30.3 Å². The van der Waals surface area contributed by atoms with Gasteiger partial charge in [-0.1, -0.05) is 63.1 Å². The third-order valence-electron chi connectivity index (χ3n) is 5.02. The van der Waals surface area contributed by atoms with Crippen molar-refractivity contribution in [1.29, 1.82) is 0 Å². The predicted octanol–water partition coefficient (Wildman–Crippen LogP) is 5.02. The molecule has 1 aliphatic rings. The molecule has 2 aromatic carbocycles. The van der Waals surface area contributed by atoms with Gasteiger partial charge in [0, 0.05) is 35.0 Å². The fourth-order valence-electron chi connectivity index (χ4n) is 3.54. The van der Waals surface area contributed by atoms with Gasteiger partial charge in [-0.2, -0.15) is 0 Å². The van der Waals surface area contributed by atoms with Gasteiger partial charge in [-0.05, 0) is 30.4 Å². The SMILES string of the molecule is CCCCCC#Cc1ccc2c3c(cccc13)C(O)N(CCCC)C2=O. The first-order valence-corrected chi connectivity index (χ1v) is 9.72. The fraction of sp³-hybridized carbons (Fsp3) is 0.435. The molecule has 1 heterocycles. The van der Waals surface area contributed by atoms with Crippen LogP contribution in [0, 0.1) is 11.8 Å². The van der Waals surface area contributed by atoms with Crippen molar-refractivity contribution in [2.45, 2.75) is 58.6 Å². The maximum Gasteiger partial charge on any atom is 0.256 e. The highest BCUT2D eigenvalue weighted by atomic mass is 16.3. The minimum absolute atomic E-state index is 0.0860. The Kier molecular flexibility index (Phi) is 5.96. The molecule has 2 aromatic rings. The molecule has 1 amide bonds. The highest BCUT2D eigenvalue weighted by Crippen LogP contribution is 2.37. The van der Waals surface area contributed by atoms with Gasteiger partial charge in [-0.25, -0.2) is 0 Å². The number of unbranched alkanes of at least 4 members (excludes halogenated alkanes) is 4. The molecule has 0 saturated heterocycles. The van der Waals surface area contributed by atoms with E-state index in [4.69, 9.17) is 0 Å². The topological polar surface area (TPSA) is 40.5 Å². The molecule has 3 rings (SSSR count). The average molecular weight is 349 g/mol. The monoisotopic (exact) mass is 349 g/mol. The van der Waals surface area contributed by atoms with Crippen LogP contribution < -0.4 is 0 Å². The Balaban J connectivity index is 2.00. The van der Waals surface area contributed by atoms with Gasteiger partial charge in [0.15, 0.2) is 6.23 Å². The van der Waals surface area contributed by atoms with Crippen molar-refractivity contribution >= 4 is 16.7 Å². The van der Waals surface area contributed by atoms with Gasteiger partial charge < -0.3 is 10.0 Å². The lowest BCUT2D eigenvalue weighted by Crippen LogP contribution is -2.38. The second-order valence-electron chi connectivity index (χ2n) is 6.92. The van der Waals surface area contributed by atoms with Crippen LogP contribution in [0.4, 0.5) is 0 Å². The number of rotatable bonds is 6. The second kappa shape index (κ2) is 8.38. The van der Waals surface area contributed by atoms with Crippen LogP contribution in [0.25, 0.3) is 10.8 Å². The van der Waals surface area contributed by atoms with E-state index in [1.807, 2.05) is 30.3 Å². The number of carbonyl (C=O) groups is 1. The van der Waals surface area contributed by atoms with Crippen LogP contribution in [0.5, 0.6) is 0 Å². The molecule has 0 aromatic heterocycles. The summed E-state index contributed by atoms with van der Waals surface area (Å²) in [5, 5.41) is 12.6. The molecule has 136 valence electrons. The van der Waals surface area contributed by atoms with Crippen molar-refractivity contribution in [2.24, 2.45) is 0 Å². The molecule has 1 aliphatic heterocycles. The minimum Gasteiger partial charge on any atom is -0.369 e. The lowest BCUT2D eigenvalue weighted by molar-refractivity contribution is 0.00440.